The molecule has 0 aliphatic carbocycles. The largest absolute Gasteiger partial charge is 0.365 e. The summed E-state index contributed by atoms with van der Waals surface area (Å²) in [7, 11) is 0. The van der Waals surface area contributed by atoms with E-state index in [0.717, 1.165) is 0 Å². The second kappa shape index (κ2) is 5.66. The molecular formula is C20H33N. The zero-order valence-electron chi connectivity index (χ0n) is 15.1. The highest BCUT2D eigenvalue weighted by atomic mass is 15.2. The van der Waals surface area contributed by atoms with E-state index in [9.17, 15) is 0 Å². The van der Waals surface area contributed by atoms with Crippen molar-refractivity contribution in [1.29, 1.82) is 0 Å². The van der Waals surface area contributed by atoms with Crippen LogP contribution in [0.5, 0.6) is 0 Å². The highest BCUT2D eigenvalue weighted by Gasteiger charge is 2.41. The van der Waals surface area contributed by atoms with E-state index in [4.69, 9.17) is 0 Å². The van der Waals surface area contributed by atoms with Gasteiger partial charge in [-0.05, 0) is 76.8 Å². The van der Waals surface area contributed by atoms with Gasteiger partial charge in [0.15, 0.2) is 0 Å². The molecule has 1 heterocycles. The highest BCUT2D eigenvalue weighted by molar-refractivity contribution is 5.62. The molecule has 0 unspecified atom stereocenters. The van der Waals surface area contributed by atoms with Gasteiger partial charge in [0.1, 0.15) is 0 Å². The fourth-order valence-corrected chi connectivity index (χ4v) is 4.14. The van der Waals surface area contributed by atoms with E-state index in [1.807, 2.05) is 0 Å². The average Bonchev–Trinajstić information content (AvgIpc) is 2.40. The molecule has 0 aromatic heterocycles. The number of hydrogen-bond donors (Lipinski definition) is 0. The topological polar surface area (TPSA) is 3.24 Å². The average molecular weight is 287 g/mol. The lowest BCUT2D eigenvalue weighted by Crippen LogP contribution is -2.55. The Balaban J connectivity index is 2.48. The third-order valence-electron chi connectivity index (χ3n) is 5.90. The van der Waals surface area contributed by atoms with Gasteiger partial charge in [-0.15, -0.1) is 0 Å². The number of aryl methyl sites for hydroxylation is 3. The number of nitrogens with zero attached hydrogens (tertiary/aromatic N) is 1. The van der Waals surface area contributed by atoms with Crippen LogP contribution in [0.2, 0.25) is 0 Å². The van der Waals surface area contributed by atoms with E-state index in [2.05, 4.69) is 65.5 Å². The van der Waals surface area contributed by atoms with Gasteiger partial charge in [0.05, 0.1) is 0 Å². The van der Waals surface area contributed by atoms with Crippen LogP contribution in [-0.4, -0.2) is 12.1 Å². The lowest BCUT2D eigenvalue weighted by atomic mass is 9.70. The van der Waals surface area contributed by atoms with Crippen molar-refractivity contribution in [3.8, 4) is 0 Å². The Hall–Kier alpha value is -0.980. The Labute approximate surface area is 131 Å². The summed E-state index contributed by atoms with van der Waals surface area (Å²) in [5, 5.41) is 0. The van der Waals surface area contributed by atoms with E-state index in [0.29, 0.717) is 5.41 Å². The fraction of sp³-hybridized carbons (Fsp3) is 0.700. The molecule has 1 aromatic rings. The van der Waals surface area contributed by atoms with Crippen LogP contribution in [0.3, 0.4) is 0 Å². The molecule has 21 heavy (non-hydrogen) atoms. The lowest BCUT2D eigenvalue weighted by Gasteiger charge is -2.53. The molecule has 118 valence electrons. The zero-order valence-corrected chi connectivity index (χ0v) is 15.1. The third kappa shape index (κ3) is 2.98. The summed E-state index contributed by atoms with van der Waals surface area (Å²) in [6.07, 6.45) is 5.25. The van der Waals surface area contributed by atoms with Crippen LogP contribution in [0.4, 0.5) is 5.69 Å². The van der Waals surface area contributed by atoms with E-state index >= 15 is 0 Å². The van der Waals surface area contributed by atoms with Crippen molar-refractivity contribution in [2.45, 2.75) is 79.7 Å². The summed E-state index contributed by atoms with van der Waals surface area (Å²) in [6.45, 7) is 17.5. The van der Waals surface area contributed by atoms with Crippen molar-refractivity contribution in [2.75, 3.05) is 11.4 Å². The molecule has 0 atom stereocenters. The van der Waals surface area contributed by atoms with Gasteiger partial charge in [-0.25, -0.2) is 0 Å². The second-order valence-electron chi connectivity index (χ2n) is 7.85. The fourth-order valence-electron chi connectivity index (χ4n) is 4.14. The van der Waals surface area contributed by atoms with E-state index in [1.54, 1.807) is 0 Å². The molecule has 0 radical (unpaired) electrons. The molecular weight excluding hydrogens is 254 g/mol. The number of piperidine rings is 1. The molecule has 0 saturated carbocycles. The molecule has 0 spiro atoms. The van der Waals surface area contributed by atoms with Gasteiger partial charge in [0.2, 0.25) is 0 Å². The Kier molecular flexibility index (Phi) is 4.42. The summed E-state index contributed by atoms with van der Waals surface area (Å²) in [4.78, 5) is 2.72. The minimum Gasteiger partial charge on any atom is -0.365 e. The van der Waals surface area contributed by atoms with E-state index in [1.165, 1.54) is 54.6 Å². The molecule has 0 bridgehead atoms. The Morgan fingerprint density at radius 3 is 1.95 bits per heavy atom. The SMILES string of the molecule is CCC1(CC)CCC(C)(C)N(c2c(C)cc(C)cc2C)C1. The predicted molar refractivity (Wildman–Crippen MR) is 94.3 cm³/mol. The highest BCUT2D eigenvalue weighted by Crippen LogP contribution is 2.46. The maximum atomic E-state index is 2.72. The van der Waals surface area contributed by atoms with Gasteiger partial charge in [-0.1, -0.05) is 31.5 Å². The van der Waals surface area contributed by atoms with E-state index < -0.39 is 0 Å². The quantitative estimate of drug-likeness (QED) is 0.679. The van der Waals surface area contributed by atoms with Gasteiger partial charge in [0, 0.05) is 17.8 Å². The summed E-state index contributed by atoms with van der Waals surface area (Å²) in [6, 6.07) is 4.68. The smallest absolute Gasteiger partial charge is 0.0430 e. The lowest BCUT2D eigenvalue weighted by molar-refractivity contribution is 0.160. The molecule has 2 rings (SSSR count). The Morgan fingerprint density at radius 1 is 0.952 bits per heavy atom. The molecule has 1 aliphatic heterocycles. The first-order chi connectivity index (χ1) is 9.74. The molecule has 1 saturated heterocycles. The van der Waals surface area contributed by atoms with Crippen LogP contribution in [0.1, 0.15) is 70.1 Å². The van der Waals surface area contributed by atoms with Crippen LogP contribution in [0.25, 0.3) is 0 Å². The number of rotatable bonds is 3. The van der Waals surface area contributed by atoms with Crippen molar-refractivity contribution in [3.05, 3.63) is 28.8 Å². The van der Waals surface area contributed by atoms with Gasteiger partial charge in [-0.3, -0.25) is 0 Å². The van der Waals surface area contributed by atoms with Gasteiger partial charge >= 0.3 is 0 Å². The summed E-state index contributed by atoms with van der Waals surface area (Å²) < 4.78 is 0. The second-order valence-corrected chi connectivity index (χ2v) is 7.85. The molecule has 0 N–H and O–H groups in total. The van der Waals surface area contributed by atoms with Crippen LogP contribution in [0, 0.1) is 26.2 Å². The first-order valence-electron chi connectivity index (χ1n) is 8.60. The third-order valence-corrected chi connectivity index (χ3v) is 5.90. The normalized spacial score (nSPS) is 20.6. The predicted octanol–water partition coefficient (Wildman–Crippen LogP) is 5.80. The first kappa shape index (κ1) is 16.4. The maximum Gasteiger partial charge on any atom is 0.0430 e. The monoisotopic (exact) mass is 287 g/mol. The van der Waals surface area contributed by atoms with Crippen molar-refractivity contribution in [1.82, 2.24) is 0 Å². The van der Waals surface area contributed by atoms with Crippen LogP contribution in [0.15, 0.2) is 12.1 Å². The molecule has 1 nitrogen and oxygen atoms in total. The maximum absolute atomic E-state index is 2.72. The minimum atomic E-state index is 0.263. The molecule has 1 fully saturated rings. The van der Waals surface area contributed by atoms with Gasteiger partial charge in [-0.2, -0.15) is 0 Å². The first-order valence-corrected chi connectivity index (χ1v) is 8.60. The number of hydrogen-bond acceptors (Lipinski definition) is 1. The number of benzene rings is 1. The molecule has 0 amide bonds. The summed E-state index contributed by atoms with van der Waals surface area (Å²) in [5.41, 5.74) is 6.49. The van der Waals surface area contributed by atoms with Crippen LogP contribution in [-0.2, 0) is 0 Å². The Bertz CT molecular complexity index is 486. The van der Waals surface area contributed by atoms with Crippen molar-refractivity contribution in [2.24, 2.45) is 5.41 Å². The van der Waals surface area contributed by atoms with Crippen molar-refractivity contribution < 1.29 is 0 Å². The molecule has 1 heteroatoms. The summed E-state index contributed by atoms with van der Waals surface area (Å²) >= 11 is 0. The van der Waals surface area contributed by atoms with Crippen LogP contribution < -0.4 is 4.90 Å². The van der Waals surface area contributed by atoms with Crippen molar-refractivity contribution in [3.63, 3.8) is 0 Å². The van der Waals surface area contributed by atoms with Crippen molar-refractivity contribution >= 4 is 5.69 Å². The minimum absolute atomic E-state index is 0.263. The molecule has 1 aliphatic rings. The van der Waals surface area contributed by atoms with E-state index in [-0.39, 0.29) is 5.54 Å². The Morgan fingerprint density at radius 2 is 1.48 bits per heavy atom. The standard InChI is InChI=1S/C20H33N/c1-8-20(9-2)11-10-19(6,7)21(14-20)18-16(4)12-15(3)13-17(18)5/h12-13H,8-11,14H2,1-7H3. The molecule has 1 aromatic carbocycles. The zero-order chi connectivity index (χ0) is 15.8. The number of anilines is 1. The van der Waals surface area contributed by atoms with Crippen LogP contribution >= 0.6 is 0 Å². The summed E-state index contributed by atoms with van der Waals surface area (Å²) in [5.74, 6) is 0. The van der Waals surface area contributed by atoms with Gasteiger partial charge in [0.25, 0.3) is 0 Å². The van der Waals surface area contributed by atoms with Gasteiger partial charge < -0.3 is 4.90 Å².